The molecule has 5 nitrogen and oxygen atoms in total. The Morgan fingerprint density at radius 2 is 2.26 bits per heavy atom. The minimum absolute atomic E-state index is 0.0496. The number of ether oxygens (including phenoxy) is 2. The molecular weight excluding hydrogens is 290 g/mol. The Morgan fingerprint density at radius 3 is 3.09 bits per heavy atom. The zero-order valence-corrected chi connectivity index (χ0v) is 13.1. The number of nitrogens with zero attached hydrogens (tertiary/aromatic N) is 3. The van der Waals surface area contributed by atoms with Gasteiger partial charge in [-0.05, 0) is 42.5 Å². The summed E-state index contributed by atoms with van der Waals surface area (Å²) >= 11 is 0. The molecule has 3 heterocycles. The van der Waals surface area contributed by atoms with E-state index in [1.165, 1.54) is 17.5 Å². The third-order valence-electron chi connectivity index (χ3n) is 5.17. The van der Waals surface area contributed by atoms with Crippen LogP contribution in [-0.4, -0.2) is 28.5 Å². The van der Waals surface area contributed by atoms with E-state index in [1.54, 1.807) is 7.11 Å². The smallest absolute Gasteiger partial charge is 0.150 e. The summed E-state index contributed by atoms with van der Waals surface area (Å²) in [5, 5.41) is 4.86. The predicted molar refractivity (Wildman–Crippen MR) is 85.8 cm³/mol. The van der Waals surface area contributed by atoms with Gasteiger partial charge in [0.05, 0.1) is 5.69 Å². The van der Waals surface area contributed by atoms with Crippen molar-refractivity contribution < 1.29 is 9.47 Å². The Morgan fingerprint density at radius 1 is 1.30 bits per heavy atom. The van der Waals surface area contributed by atoms with Crippen molar-refractivity contribution in [2.24, 2.45) is 0 Å². The Labute approximate surface area is 134 Å². The van der Waals surface area contributed by atoms with E-state index in [0.717, 1.165) is 36.4 Å². The largest absolute Gasteiger partial charge is 0.374 e. The quantitative estimate of drug-likeness (QED) is 0.852. The molecule has 3 unspecified atom stereocenters. The van der Waals surface area contributed by atoms with Gasteiger partial charge < -0.3 is 9.47 Å². The van der Waals surface area contributed by atoms with Gasteiger partial charge in [0.25, 0.3) is 0 Å². The molecule has 5 rings (SSSR count). The molecule has 0 amide bonds. The summed E-state index contributed by atoms with van der Waals surface area (Å²) < 4.78 is 13.7. The number of fused-ring (bicyclic) bond motifs is 2. The first-order valence-corrected chi connectivity index (χ1v) is 8.28. The van der Waals surface area contributed by atoms with Crippen LogP contribution < -0.4 is 0 Å². The summed E-state index contributed by atoms with van der Waals surface area (Å²) in [6.45, 7) is 0.818. The zero-order valence-electron chi connectivity index (χ0n) is 13.1. The van der Waals surface area contributed by atoms with E-state index < -0.39 is 0 Å². The van der Waals surface area contributed by atoms with Crippen molar-refractivity contribution in [3.05, 3.63) is 41.5 Å². The van der Waals surface area contributed by atoms with Gasteiger partial charge in [0.2, 0.25) is 0 Å². The second-order valence-electron chi connectivity index (χ2n) is 6.43. The van der Waals surface area contributed by atoms with Crippen LogP contribution in [0, 0.1) is 0 Å². The highest BCUT2D eigenvalue weighted by Crippen LogP contribution is 2.51. The van der Waals surface area contributed by atoms with Crippen molar-refractivity contribution in [2.45, 2.75) is 37.5 Å². The van der Waals surface area contributed by atoms with Crippen molar-refractivity contribution in [3.63, 3.8) is 0 Å². The average molecular weight is 309 g/mol. The molecule has 1 saturated heterocycles. The van der Waals surface area contributed by atoms with Crippen LogP contribution in [0.15, 0.2) is 24.5 Å². The van der Waals surface area contributed by atoms with Crippen LogP contribution in [0.3, 0.4) is 0 Å². The van der Waals surface area contributed by atoms with Gasteiger partial charge >= 0.3 is 0 Å². The molecule has 0 radical (unpaired) electrons. The van der Waals surface area contributed by atoms with Gasteiger partial charge in [-0.2, -0.15) is 5.10 Å². The monoisotopic (exact) mass is 309 g/mol. The highest BCUT2D eigenvalue weighted by molar-refractivity contribution is 5.79. The second-order valence-corrected chi connectivity index (χ2v) is 6.43. The van der Waals surface area contributed by atoms with Crippen LogP contribution in [-0.2, 0) is 9.47 Å². The molecule has 2 aromatic heterocycles. The van der Waals surface area contributed by atoms with Crippen molar-refractivity contribution in [1.29, 1.82) is 0 Å². The maximum absolute atomic E-state index is 5.90. The number of pyridine rings is 1. The topological polar surface area (TPSA) is 49.2 Å². The molecule has 5 heteroatoms. The molecule has 0 saturated carbocycles. The van der Waals surface area contributed by atoms with Crippen LogP contribution in [0.1, 0.15) is 54.5 Å². The van der Waals surface area contributed by atoms with Gasteiger partial charge in [-0.25, -0.2) is 4.68 Å². The number of rotatable bonds is 2. The fraction of sp³-hybridized carbons (Fsp3) is 0.444. The summed E-state index contributed by atoms with van der Waals surface area (Å²) in [5.74, 6) is 0.210. The van der Waals surface area contributed by atoms with E-state index in [-0.39, 0.29) is 18.2 Å². The lowest BCUT2D eigenvalue weighted by atomic mass is 9.82. The lowest BCUT2D eigenvalue weighted by Crippen LogP contribution is -2.20. The number of aromatic nitrogens is 3. The summed E-state index contributed by atoms with van der Waals surface area (Å²) in [5.41, 5.74) is 5.74. The summed E-state index contributed by atoms with van der Waals surface area (Å²) in [6.07, 6.45) is 11.7. The van der Waals surface area contributed by atoms with Crippen LogP contribution in [0.2, 0.25) is 0 Å². The Balaban J connectivity index is 1.66. The van der Waals surface area contributed by atoms with Crippen molar-refractivity contribution in [1.82, 2.24) is 14.8 Å². The Hall–Kier alpha value is -1.98. The van der Waals surface area contributed by atoms with Crippen LogP contribution in [0.4, 0.5) is 0 Å². The van der Waals surface area contributed by atoms with Crippen molar-refractivity contribution in [2.75, 3.05) is 13.7 Å². The first-order chi connectivity index (χ1) is 11.4. The predicted octanol–water partition coefficient (Wildman–Crippen LogP) is 3.46. The minimum atomic E-state index is -0.0518. The van der Waals surface area contributed by atoms with Crippen LogP contribution >= 0.6 is 0 Å². The molecule has 3 aliphatic rings. The maximum atomic E-state index is 5.90. The van der Waals surface area contributed by atoms with Gasteiger partial charge in [-0.3, -0.25) is 4.98 Å². The first kappa shape index (κ1) is 13.5. The molecule has 0 spiro atoms. The minimum Gasteiger partial charge on any atom is -0.374 e. The van der Waals surface area contributed by atoms with Crippen LogP contribution in [0.5, 0.6) is 0 Å². The average Bonchev–Trinajstić information content (AvgIpc) is 3.22. The highest BCUT2D eigenvalue weighted by Gasteiger charge is 2.39. The second kappa shape index (κ2) is 5.01. The molecule has 23 heavy (non-hydrogen) atoms. The van der Waals surface area contributed by atoms with E-state index in [0.29, 0.717) is 0 Å². The van der Waals surface area contributed by atoms with Gasteiger partial charge in [0, 0.05) is 37.6 Å². The molecule has 3 atom stereocenters. The van der Waals surface area contributed by atoms with Crippen LogP contribution in [0.25, 0.3) is 17.2 Å². The number of hydrogen-bond donors (Lipinski definition) is 0. The van der Waals surface area contributed by atoms with E-state index in [2.05, 4.69) is 29.4 Å². The van der Waals surface area contributed by atoms with Gasteiger partial charge in [0.1, 0.15) is 18.0 Å². The van der Waals surface area contributed by atoms with E-state index in [4.69, 9.17) is 14.6 Å². The lowest BCUT2D eigenvalue weighted by molar-refractivity contribution is -0.0403. The maximum Gasteiger partial charge on any atom is 0.150 e. The van der Waals surface area contributed by atoms with Crippen molar-refractivity contribution in [3.8, 4) is 11.1 Å². The Kier molecular flexibility index (Phi) is 2.93. The number of methoxy groups -OCH3 is 1. The summed E-state index contributed by atoms with van der Waals surface area (Å²) in [7, 11) is 1.76. The SMILES string of the molecule is COC1c2nn(C3CCCCO3)cc2-c2ccnc3c2C1C=C3. The normalized spacial score (nSPS) is 27.8. The molecule has 2 aliphatic carbocycles. The molecule has 0 N–H and O–H groups in total. The summed E-state index contributed by atoms with van der Waals surface area (Å²) in [6, 6.07) is 2.09. The standard InChI is InChI=1S/C18H19N3O2/c1-22-18-12-5-6-14-16(12)11(7-8-19-14)13-10-21(20-17(13)18)15-4-2-3-9-23-15/h5-8,10,12,15,18H,2-4,9H2,1H3. The molecule has 2 aromatic rings. The fourth-order valence-electron chi connectivity index (χ4n) is 4.08. The molecule has 1 aliphatic heterocycles. The fourth-order valence-corrected chi connectivity index (χ4v) is 4.08. The first-order valence-electron chi connectivity index (χ1n) is 8.28. The zero-order chi connectivity index (χ0) is 15.4. The Bertz CT molecular complexity index is 790. The molecule has 1 fully saturated rings. The van der Waals surface area contributed by atoms with E-state index in [1.807, 2.05) is 10.9 Å². The van der Waals surface area contributed by atoms with Gasteiger partial charge in [-0.15, -0.1) is 0 Å². The van der Waals surface area contributed by atoms with Gasteiger partial charge in [0.15, 0.2) is 0 Å². The molecule has 0 aromatic carbocycles. The van der Waals surface area contributed by atoms with E-state index >= 15 is 0 Å². The third kappa shape index (κ3) is 1.87. The summed E-state index contributed by atoms with van der Waals surface area (Å²) in [4.78, 5) is 4.50. The van der Waals surface area contributed by atoms with E-state index in [9.17, 15) is 0 Å². The lowest BCUT2D eigenvalue weighted by Gasteiger charge is -2.28. The molecule has 118 valence electrons. The number of hydrogen-bond acceptors (Lipinski definition) is 4. The third-order valence-corrected chi connectivity index (χ3v) is 5.17. The van der Waals surface area contributed by atoms with Crippen molar-refractivity contribution >= 4 is 6.08 Å². The highest BCUT2D eigenvalue weighted by atomic mass is 16.5. The molecular formula is C18H19N3O2. The van der Waals surface area contributed by atoms with Gasteiger partial charge in [-0.1, -0.05) is 6.08 Å². The molecule has 0 bridgehead atoms.